The van der Waals surface area contributed by atoms with Gasteiger partial charge in [-0.25, -0.2) is 0 Å². The van der Waals surface area contributed by atoms with E-state index < -0.39 is 0 Å². The van der Waals surface area contributed by atoms with Crippen molar-refractivity contribution >= 4 is 50.8 Å². The first kappa shape index (κ1) is 18.9. The molecule has 2 N–H and O–H groups in total. The lowest BCUT2D eigenvalue weighted by molar-refractivity contribution is -0.138. The number of nitrogen functional groups attached to an aromatic ring is 1. The number of anilines is 1. The molecule has 128 valence electrons. The lowest BCUT2D eigenvalue weighted by Crippen LogP contribution is -2.16. The quantitative estimate of drug-likeness (QED) is 0.353. The summed E-state index contributed by atoms with van der Waals surface area (Å²) in [5.41, 5.74) is 6.33. The summed E-state index contributed by atoms with van der Waals surface area (Å²) < 4.78 is 11.7. The SMILES string of the molecule is CCC(C)C(=O)Oc1cc(Cl)c(Oc2ccc(N)c(Br)c2)c(Cl)c1. The second kappa shape index (κ2) is 8.10. The summed E-state index contributed by atoms with van der Waals surface area (Å²) in [6.07, 6.45) is 0.688. The van der Waals surface area contributed by atoms with Crippen LogP contribution in [0.1, 0.15) is 20.3 Å². The van der Waals surface area contributed by atoms with Gasteiger partial charge in [-0.3, -0.25) is 4.79 Å². The van der Waals surface area contributed by atoms with Crippen LogP contribution in [0.5, 0.6) is 17.2 Å². The zero-order chi connectivity index (χ0) is 17.9. The van der Waals surface area contributed by atoms with Crippen LogP contribution in [0.4, 0.5) is 5.69 Å². The summed E-state index contributed by atoms with van der Waals surface area (Å²) in [5.74, 6) is 0.537. The summed E-state index contributed by atoms with van der Waals surface area (Å²) >= 11 is 15.8. The van der Waals surface area contributed by atoms with Crippen LogP contribution in [0.3, 0.4) is 0 Å². The number of benzene rings is 2. The molecule has 0 radical (unpaired) electrons. The lowest BCUT2D eigenvalue weighted by Gasteiger charge is -2.13. The summed E-state index contributed by atoms with van der Waals surface area (Å²) in [4.78, 5) is 11.9. The molecule has 0 amide bonds. The molecule has 4 nitrogen and oxygen atoms in total. The van der Waals surface area contributed by atoms with Crippen molar-refractivity contribution in [1.82, 2.24) is 0 Å². The standard InChI is InChI=1S/C17H16BrCl2NO3/c1-3-9(2)17(22)24-11-7-13(19)16(14(20)8-11)23-10-4-5-15(21)12(18)6-10/h4-9H,3,21H2,1-2H3. The highest BCUT2D eigenvalue weighted by molar-refractivity contribution is 9.10. The molecule has 0 heterocycles. The number of halogens is 3. The van der Waals surface area contributed by atoms with Gasteiger partial charge in [-0.2, -0.15) is 0 Å². The Kier molecular flexibility index (Phi) is 6.38. The number of rotatable bonds is 5. The van der Waals surface area contributed by atoms with Gasteiger partial charge >= 0.3 is 5.97 Å². The van der Waals surface area contributed by atoms with E-state index in [-0.39, 0.29) is 33.4 Å². The van der Waals surface area contributed by atoms with Crippen molar-refractivity contribution in [1.29, 1.82) is 0 Å². The Balaban J connectivity index is 2.23. The van der Waals surface area contributed by atoms with E-state index >= 15 is 0 Å². The highest BCUT2D eigenvalue weighted by Crippen LogP contribution is 2.40. The smallest absolute Gasteiger partial charge is 0.314 e. The van der Waals surface area contributed by atoms with Crippen molar-refractivity contribution in [2.24, 2.45) is 5.92 Å². The van der Waals surface area contributed by atoms with Crippen molar-refractivity contribution < 1.29 is 14.3 Å². The van der Waals surface area contributed by atoms with Crippen LogP contribution < -0.4 is 15.2 Å². The zero-order valence-electron chi connectivity index (χ0n) is 13.1. The number of carbonyl (C=O) groups is 1. The van der Waals surface area contributed by atoms with E-state index in [0.29, 0.717) is 22.3 Å². The Morgan fingerprint density at radius 2 is 1.83 bits per heavy atom. The van der Waals surface area contributed by atoms with Gasteiger partial charge in [0.25, 0.3) is 0 Å². The van der Waals surface area contributed by atoms with Crippen LogP contribution in [0.25, 0.3) is 0 Å². The van der Waals surface area contributed by atoms with Gasteiger partial charge in [0.1, 0.15) is 11.5 Å². The van der Waals surface area contributed by atoms with Crippen molar-refractivity contribution in [3.63, 3.8) is 0 Å². The maximum Gasteiger partial charge on any atom is 0.314 e. The average Bonchev–Trinajstić information content (AvgIpc) is 2.53. The molecule has 1 unspecified atom stereocenters. The van der Waals surface area contributed by atoms with Gasteiger partial charge in [-0.15, -0.1) is 0 Å². The minimum absolute atomic E-state index is 0.203. The van der Waals surface area contributed by atoms with Crippen LogP contribution in [0.15, 0.2) is 34.8 Å². The molecule has 0 spiro atoms. The summed E-state index contributed by atoms with van der Waals surface area (Å²) in [6.45, 7) is 3.70. The molecule has 0 aliphatic heterocycles. The minimum Gasteiger partial charge on any atom is -0.454 e. The van der Waals surface area contributed by atoms with Crippen molar-refractivity contribution in [2.45, 2.75) is 20.3 Å². The Hall–Kier alpha value is -1.43. The van der Waals surface area contributed by atoms with Crippen LogP contribution in [0.2, 0.25) is 10.0 Å². The molecule has 2 aromatic rings. The summed E-state index contributed by atoms with van der Waals surface area (Å²) in [6, 6.07) is 8.09. The highest BCUT2D eigenvalue weighted by Gasteiger charge is 2.17. The first-order valence-corrected chi connectivity index (χ1v) is 8.80. The Labute approximate surface area is 159 Å². The Morgan fingerprint density at radius 3 is 2.38 bits per heavy atom. The predicted molar refractivity (Wildman–Crippen MR) is 100 cm³/mol. The molecule has 0 aliphatic rings. The van der Waals surface area contributed by atoms with Gasteiger partial charge in [0.2, 0.25) is 0 Å². The molecule has 0 fully saturated rings. The second-order valence-corrected chi connectivity index (χ2v) is 6.90. The maximum absolute atomic E-state index is 11.9. The monoisotopic (exact) mass is 431 g/mol. The summed E-state index contributed by atoms with van der Waals surface area (Å²) in [5, 5.41) is 0.477. The minimum atomic E-state index is -0.333. The predicted octanol–water partition coefficient (Wildman–Crippen LogP) is 6.08. The third-order valence-corrected chi connectivity index (χ3v) is 4.65. The molecule has 0 aromatic heterocycles. The van der Waals surface area contributed by atoms with E-state index in [1.165, 1.54) is 12.1 Å². The van der Waals surface area contributed by atoms with Crippen molar-refractivity contribution in [3.8, 4) is 17.2 Å². The third-order valence-electron chi connectivity index (χ3n) is 3.40. The average molecular weight is 433 g/mol. The second-order valence-electron chi connectivity index (χ2n) is 5.23. The molecule has 2 aromatic carbocycles. The van der Waals surface area contributed by atoms with Crippen LogP contribution in [-0.4, -0.2) is 5.97 Å². The topological polar surface area (TPSA) is 61.5 Å². The van der Waals surface area contributed by atoms with Gasteiger partial charge in [-0.1, -0.05) is 37.0 Å². The molecule has 24 heavy (non-hydrogen) atoms. The van der Waals surface area contributed by atoms with E-state index in [2.05, 4.69) is 15.9 Å². The van der Waals surface area contributed by atoms with Crippen molar-refractivity contribution in [2.75, 3.05) is 5.73 Å². The molecule has 0 bridgehead atoms. The lowest BCUT2D eigenvalue weighted by atomic mass is 10.1. The molecule has 0 saturated heterocycles. The number of hydrogen-bond donors (Lipinski definition) is 1. The molecular weight excluding hydrogens is 417 g/mol. The van der Waals surface area contributed by atoms with Gasteiger partial charge in [0.15, 0.2) is 5.75 Å². The van der Waals surface area contributed by atoms with Gasteiger partial charge in [0, 0.05) is 22.3 Å². The molecule has 2 rings (SSSR count). The van der Waals surface area contributed by atoms with E-state index in [0.717, 1.165) is 0 Å². The van der Waals surface area contributed by atoms with E-state index in [1.54, 1.807) is 25.1 Å². The highest BCUT2D eigenvalue weighted by atomic mass is 79.9. The Morgan fingerprint density at radius 1 is 1.21 bits per heavy atom. The van der Waals surface area contributed by atoms with Gasteiger partial charge < -0.3 is 15.2 Å². The summed E-state index contributed by atoms with van der Waals surface area (Å²) in [7, 11) is 0. The van der Waals surface area contributed by atoms with Crippen LogP contribution in [-0.2, 0) is 4.79 Å². The molecule has 7 heteroatoms. The Bertz CT molecular complexity index is 744. The van der Waals surface area contributed by atoms with Crippen molar-refractivity contribution in [3.05, 3.63) is 44.8 Å². The number of esters is 1. The molecule has 0 aliphatic carbocycles. The fraction of sp³-hybridized carbons (Fsp3) is 0.235. The van der Waals surface area contributed by atoms with E-state index in [4.69, 9.17) is 38.4 Å². The number of carbonyl (C=O) groups excluding carboxylic acids is 1. The largest absolute Gasteiger partial charge is 0.454 e. The van der Waals surface area contributed by atoms with Gasteiger partial charge in [-0.05, 0) is 40.5 Å². The van der Waals surface area contributed by atoms with Crippen LogP contribution in [0, 0.1) is 5.92 Å². The van der Waals surface area contributed by atoms with Crippen LogP contribution >= 0.6 is 39.1 Å². The fourth-order valence-corrected chi connectivity index (χ4v) is 2.67. The first-order chi connectivity index (χ1) is 11.3. The molecular formula is C17H16BrCl2NO3. The fourth-order valence-electron chi connectivity index (χ4n) is 1.77. The molecule has 1 atom stereocenters. The number of nitrogens with two attached hydrogens (primary N) is 1. The zero-order valence-corrected chi connectivity index (χ0v) is 16.2. The maximum atomic E-state index is 11.9. The molecule has 0 saturated carbocycles. The number of ether oxygens (including phenoxy) is 2. The first-order valence-electron chi connectivity index (χ1n) is 7.25. The van der Waals surface area contributed by atoms with Gasteiger partial charge in [0.05, 0.1) is 16.0 Å². The number of hydrogen-bond acceptors (Lipinski definition) is 4. The third kappa shape index (κ3) is 4.56. The normalized spacial score (nSPS) is 11.9. The van der Waals surface area contributed by atoms with E-state index in [1.807, 2.05) is 6.92 Å². The van der Waals surface area contributed by atoms with E-state index in [9.17, 15) is 4.79 Å².